The van der Waals surface area contributed by atoms with Gasteiger partial charge in [0.25, 0.3) is 0 Å². The van der Waals surface area contributed by atoms with Crippen molar-refractivity contribution >= 4 is 40.7 Å². The van der Waals surface area contributed by atoms with Crippen molar-refractivity contribution in [1.29, 1.82) is 0 Å². The van der Waals surface area contributed by atoms with Gasteiger partial charge >= 0.3 is 5.97 Å². The monoisotopic (exact) mass is 448 g/mol. The molecule has 0 saturated carbocycles. The second-order valence-electron chi connectivity index (χ2n) is 9.03. The highest BCUT2D eigenvalue weighted by molar-refractivity contribution is 6.03. The fraction of sp³-hybridized carbons (Fsp3) is 0.172. The van der Waals surface area contributed by atoms with Gasteiger partial charge in [0.15, 0.2) is 0 Å². The van der Waals surface area contributed by atoms with E-state index in [1.165, 1.54) is 0 Å². The van der Waals surface area contributed by atoms with Crippen LogP contribution < -0.4 is 15.3 Å². The predicted octanol–water partition coefficient (Wildman–Crippen LogP) is 3.44. The van der Waals surface area contributed by atoms with E-state index >= 15 is 0 Å². The highest BCUT2D eigenvalue weighted by atomic mass is 16.4. The van der Waals surface area contributed by atoms with Crippen molar-refractivity contribution in [2.75, 3.05) is 4.90 Å². The number of anilines is 1. The third-order valence-electron chi connectivity index (χ3n) is 7.03. The van der Waals surface area contributed by atoms with Gasteiger partial charge in [-0.1, -0.05) is 60.7 Å². The zero-order valence-electron chi connectivity index (χ0n) is 18.6. The van der Waals surface area contributed by atoms with Gasteiger partial charge in [-0.15, -0.1) is 0 Å². The summed E-state index contributed by atoms with van der Waals surface area (Å²) in [5.74, 6) is -0.947. The average Bonchev–Trinajstić information content (AvgIpc) is 3.05. The highest BCUT2D eigenvalue weighted by Gasteiger charge is 2.33. The maximum atomic E-state index is 14.0. The van der Waals surface area contributed by atoms with Gasteiger partial charge in [0.05, 0.1) is 5.69 Å². The molecule has 0 radical (unpaired) electrons. The van der Waals surface area contributed by atoms with Gasteiger partial charge in [-0.3, -0.25) is 14.5 Å². The van der Waals surface area contributed by atoms with E-state index in [4.69, 9.17) is 0 Å². The Morgan fingerprint density at radius 3 is 2.50 bits per heavy atom. The van der Waals surface area contributed by atoms with Crippen molar-refractivity contribution in [2.45, 2.75) is 25.8 Å². The lowest BCUT2D eigenvalue weighted by atomic mass is 9.85. The van der Waals surface area contributed by atoms with Crippen LogP contribution >= 0.6 is 0 Å². The smallest absolute Gasteiger partial charge is 0.323 e. The molecule has 4 aromatic rings. The Labute approximate surface area is 196 Å². The topological polar surface area (TPSA) is 62.5 Å². The highest BCUT2D eigenvalue weighted by Crippen LogP contribution is 2.36. The summed E-state index contributed by atoms with van der Waals surface area (Å²) in [5, 5.41) is 12.6. The Kier molecular flexibility index (Phi) is 4.84. The number of benzene rings is 3. The molecule has 34 heavy (non-hydrogen) atoms. The molecule has 3 aromatic carbocycles. The lowest BCUT2D eigenvalue weighted by Gasteiger charge is -2.28. The number of aromatic nitrogens is 1. The zero-order chi connectivity index (χ0) is 23.2. The van der Waals surface area contributed by atoms with Gasteiger partial charge in [0.1, 0.15) is 6.54 Å². The molecule has 5 nitrogen and oxygen atoms in total. The van der Waals surface area contributed by atoms with E-state index < -0.39 is 5.97 Å². The summed E-state index contributed by atoms with van der Waals surface area (Å²) in [6, 6.07) is 24.0. The number of carbonyl (C=O) groups excluding carboxylic acids is 1. The fourth-order valence-corrected chi connectivity index (χ4v) is 5.47. The van der Waals surface area contributed by atoms with Crippen molar-refractivity contribution in [2.24, 2.45) is 5.92 Å². The van der Waals surface area contributed by atoms with Crippen molar-refractivity contribution in [3.05, 3.63) is 100 Å². The lowest BCUT2D eigenvalue weighted by molar-refractivity contribution is -0.137. The van der Waals surface area contributed by atoms with E-state index in [2.05, 4.69) is 12.1 Å². The number of amides is 1. The van der Waals surface area contributed by atoms with E-state index in [-0.39, 0.29) is 18.4 Å². The van der Waals surface area contributed by atoms with Crippen LogP contribution in [0.3, 0.4) is 0 Å². The molecule has 1 atom stereocenters. The average molecular weight is 449 g/mol. The van der Waals surface area contributed by atoms with Crippen LogP contribution in [-0.2, 0) is 29.0 Å². The summed E-state index contributed by atoms with van der Waals surface area (Å²) in [5.41, 5.74) is 5.00. The molecular weight excluding hydrogens is 424 g/mol. The molecule has 168 valence electrons. The molecule has 5 heteroatoms. The first-order valence-corrected chi connectivity index (χ1v) is 11.6. The molecule has 2 heterocycles. The largest absolute Gasteiger partial charge is 0.480 e. The first-order chi connectivity index (χ1) is 16.6. The van der Waals surface area contributed by atoms with Crippen LogP contribution in [0.25, 0.3) is 23.2 Å². The number of para-hydroxylation sites is 2. The number of hydrogen-bond acceptors (Lipinski definition) is 2. The maximum Gasteiger partial charge on any atom is 0.323 e. The maximum absolute atomic E-state index is 14.0. The van der Waals surface area contributed by atoms with E-state index in [0.29, 0.717) is 19.3 Å². The van der Waals surface area contributed by atoms with Gasteiger partial charge in [-0.2, -0.15) is 0 Å². The normalized spacial score (nSPS) is 16.5. The number of hydrogen-bond donors (Lipinski definition) is 1. The Bertz CT molecular complexity index is 1580. The Balaban J connectivity index is 1.42. The molecule has 1 N–H and O–H groups in total. The molecule has 2 aliphatic rings. The lowest BCUT2D eigenvalue weighted by Crippen LogP contribution is -2.37. The van der Waals surface area contributed by atoms with Crippen LogP contribution in [0.2, 0.25) is 0 Å². The Hall–Kier alpha value is -4.12. The molecular formula is C29H24N2O3. The number of aliphatic carboxylic acids is 1. The molecule has 1 amide bonds. The number of rotatable bonds is 3. The molecule has 0 fully saturated rings. The fourth-order valence-electron chi connectivity index (χ4n) is 5.47. The number of carbonyl (C=O) groups is 2. The standard InChI is InChI=1S/C29H24N2O3/c32-28(33)18-30-26-12-6-4-10-23(26)24-16-21(13-14-27(24)30)29(34)31-17-22-9-2-1-7-19(22)15-20-8-3-5-11-25(20)31/h1-12,15,17,21H,13-14,16,18H2,(H,32,33). The predicted molar refractivity (Wildman–Crippen MR) is 133 cm³/mol. The van der Waals surface area contributed by atoms with Crippen LogP contribution in [0, 0.1) is 5.92 Å². The van der Waals surface area contributed by atoms with Crippen LogP contribution in [0.1, 0.15) is 23.2 Å². The summed E-state index contributed by atoms with van der Waals surface area (Å²) in [6.07, 6.45) is 6.08. The summed E-state index contributed by atoms with van der Waals surface area (Å²) >= 11 is 0. The van der Waals surface area contributed by atoms with Crippen LogP contribution in [0.15, 0.2) is 72.8 Å². The molecule has 1 aromatic heterocycles. The first kappa shape index (κ1) is 20.5. The first-order valence-electron chi connectivity index (χ1n) is 11.6. The minimum atomic E-state index is -0.854. The number of carboxylic acids is 1. The second-order valence-corrected chi connectivity index (χ2v) is 9.03. The van der Waals surface area contributed by atoms with Crippen LogP contribution in [0.5, 0.6) is 0 Å². The summed E-state index contributed by atoms with van der Waals surface area (Å²) < 4.78 is 1.91. The molecule has 6 rings (SSSR count). The SMILES string of the molecule is O=C(O)Cn1c2c(c3ccccc31)CC(C(=O)N1C=c3ccccc3=Cc3ccccc31)CC2. The quantitative estimate of drug-likeness (QED) is 0.522. The van der Waals surface area contributed by atoms with Crippen molar-refractivity contribution in [3.63, 3.8) is 0 Å². The second kappa shape index (κ2) is 8.03. The van der Waals surface area contributed by atoms with Crippen molar-refractivity contribution < 1.29 is 14.7 Å². The van der Waals surface area contributed by atoms with Crippen molar-refractivity contribution in [1.82, 2.24) is 4.57 Å². The molecule has 0 bridgehead atoms. The van der Waals surface area contributed by atoms with Crippen LogP contribution in [-0.4, -0.2) is 21.6 Å². The number of fused-ring (bicyclic) bond motifs is 5. The van der Waals surface area contributed by atoms with E-state index in [0.717, 1.165) is 43.8 Å². The van der Waals surface area contributed by atoms with E-state index in [9.17, 15) is 14.7 Å². The Morgan fingerprint density at radius 2 is 1.65 bits per heavy atom. The molecule has 0 saturated heterocycles. The van der Waals surface area contributed by atoms with E-state index in [1.807, 2.05) is 82.4 Å². The van der Waals surface area contributed by atoms with E-state index in [1.54, 1.807) is 0 Å². The minimum absolute atomic E-state index is 0.0612. The zero-order valence-corrected chi connectivity index (χ0v) is 18.6. The van der Waals surface area contributed by atoms with Gasteiger partial charge in [-0.25, -0.2) is 0 Å². The van der Waals surface area contributed by atoms with Crippen molar-refractivity contribution in [3.8, 4) is 0 Å². The molecule has 0 spiro atoms. The summed E-state index contributed by atoms with van der Waals surface area (Å²) in [7, 11) is 0. The molecule has 1 aliphatic carbocycles. The number of nitrogens with zero attached hydrogens (tertiary/aromatic N) is 2. The van der Waals surface area contributed by atoms with Gasteiger partial charge in [0, 0.05) is 28.7 Å². The molecule has 1 aliphatic heterocycles. The molecule has 1 unspecified atom stereocenters. The summed E-state index contributed by atoms with van der Waals surface area (Å²) in [4.78, 5) is 27.3. The van der Waals surface area contributed by atoms with Gasteiger partial charge in [0.2, 0.25) is 5.91 Å². The van der Waals surface area contributed by atoms with Gasteiger partial charge < -0.3 is 9.67 Å². The third-order valence-corrected chi connectivity index (χ3v) is 7.03. The number of carboxylic acid groups (broad SMARTS) is 1. The minimum Gasteiger partial charge on any atom is -0.480 e. The third kappa shape index (κ3) is 3.32. The van der Waals surface area contributed by atoms with Crippen LogP contribution in [0.4, 0.5) is 5.69 Å². The summed E-state index contributed by atoms with van der Waals surface area (Å²) in [6.45, 7) is -0.0612. The Morgan fingerprint density at radius 1 is 0.912 bits per heavy atom. The van der Waals surface area contributed by atoms with Gasteiger partial charge in [-0.05, 0) is 59.0 Å².